The summed E-state index contributed by atoms with van der Waals surface area (Å²) in [5, 5.41) is 13.1. The van der Waals surface area contributed by atoms with E-state index in [2.05, 4.69) is 37.1 Å². The summed E-state index contributed by atoms with van der Waals surface area (Å²) in [6.07, 6.45) is 8.76. The molecule has 0 aliphatic heterocycles. The van der Waals surface area contributed by atoms with E-state index in [1.165, 1.54) is 45.3 Å². The molecule has 21 heavy (non-hydrogen) atoms. The molecule has 120 valence electrons. The minimum Gasteiger partial charge on any atom is -0.303 e. The fourth-order valence-corrected chi connectivity index (χ4v) is 3.26. The molecule has 1 unspecified atom stereocenters. The fraction of sp³-hybridized carbons (Fsp3) is 0.944. The average Bonchev–Trinajstić information content (AvgIpc) is 3.33. The van der Waals surface area contributed by atoms with Crippen molar-refractivity contribution in [2.75, 3.05) is 19.6 Å². The molecular weight excluding hydrogens is 258 g/mol. The van der Waals surface area contributed by atoms with Gasteiger partial charge in [-0.05, 0) is 77.2 Å². The lowest BCUT2D eigenvalue weighted by atomic mass is 9.91. The lowest BCUT2D eigenvalue weighted by Crippen LogP contribution is -2.47. The lowest BCUT2D eigenvalue weighted by Gasteiger charge is -2.30. The summed E-state index contributed by atoms with van der Waals surface area (Å²) in [7, 11) is 0. The maximum atomic E-state index is 9.58. The van der Waals surface area contributed by atoms with E-state index in [9.17, 15) is 5.26 Å². The summed E-state index contributed by atoms with van der Waals surface area (Å²) in [5.41, 5.74) is -0.320. The minimum absolute atomic E-state index is 0.320. The Morgan fingerprint density at radius 1 is 1.19 bits per heavy atom. The molecule has 2 saturated carbocycles. The van der Waals surface area contributed by atoms with E-state index in [4.69, 9.17) is 0 Å². The van der Waals surface area contributed by atoms with Crippen LogP contribution in [0.3, 0.4) is 0 Å². The summed E-state index contributed by atoms with van der Waals surface area (Å²) in [6.45, 7) is 10.2. The van der Waals surface area contributed by atoms with Gasteiger partial charge in [-0.3, -0.25) is 5.32 Å². The molecule has 0 aromatic carbocycles. The highest BCUT2D eigenvalue weighted by atomic mass is 15.1. The van der Waals surface area contributed by atoms with E-state index >= 15 is 0 Å². The van der Waals surface area contributed by atoms with Gasteiger partial charge in [0, 0.05) is 19.1 Å². The largest absolute Gasteiger partial charge is 0.303 e. The van der Waals surface area contributed by atoms with Gasteiger partial charge in [-0.15, -0.1) is 0 Å². The number of nitrogens with zero attached hydrogens (tertiary/aromatic N) is 2. The van der Waals surface area contributed by atoms with Crippen LogP contribution in [-0.4, -0.2) is 36.1 Å². The third-order valence-electron chi connectivity index (χ3n) is 4.89. The van der Waals surface area contributed by atoms with E-state index in [0.717, 1.165) is 31.1 Å². The van der Waals surface area contributed by atoms with Crippen LogP contribution in [0.25, 0.3) is 0 Å². The number of nitriles is 1. The van der Waals surface area contributed by atoms with Crippen LogP contribution in [0.2, 0.25) is 0 Å². The first-order valence-electron chi connectivity index (χ1n) is 8.98. The number of nitrogens with one attached hydrogen (secondary N) is 1. The summed E-state index contributed by atoms with van der Waals surface area (Å²) in [6, 6.07) is 2.92. The Morgan fingerprint density at radius 2 is 1.76 bits per heavy atom. The Morgan fingerprint density at radius 3 is 2.14 bits per heavy atom. The molecule has 3 heteroatoms. The van der Waals surface area contributed by atoms with Gasteiger partial charge >= 0.3 is 0 Å². The Bertz CT molecular complexity index is 338. The Labute approximate surface area is 131 Å². The van der Waals surface area contributed by atoms with Crippen LogP contribution < -0.4 is 5.32 Å². The first-order valence-corrected chi connectivity index (χ1v) is 8.98. The predicted molar refractivity (Wildman–Crippen MR) is 88.0 cm³/mol. The molecule has 2 aliphatic rings. The molecule has 1 N–H and O–H groups in total. The highest BCUT2D eigenvalue weighted by Gasteiger charge is 2.31. The quantitative estimate of drug-likeness (QED) is 0.632. The van der Waals surface area contributed by atoms with Gasteiger partial charge in [0.1, 0.15) is 5.54 Å². The van der Waals surface area contributed by atoms with E-state index in [0.29, 0.717) is 6.04 Å². The second-order valence-corrected chi connectivity index (χ2v) is 7.60. The molecule has 0 aromatic heterocycles. The van der Waals surface area contributed by atoms with Crippen LogP contribution in [0.1, 0.15) is 65.7 Å². The molecule has 2 aliphatic carbocycles. The van der Waals surface area contributed by atoms with E-state index < -0.39 is 0 Å². The van der Waals surface area contributed by atoms with Crippen molar-refractivity contribution in [3.63, 3.8) is 0 Å². The third-order valence-corrected chi connectivity index (χ3v) is 4.89. The van der Waals surface area contributed by atoms with Crippen molar-refractivity contribution in [2.45, 2.75) is 77.3 Å². The molecule has 2 fully saturated rings. The van der Waals surface area contributed by atoms with Crippen molar-refractivity contribution >= 4 is 0 Å². The van der Waals surface area contributed by atoms with Crippen LogP contribution in [0.5, 0.6) is 0 Å². The first-order chi connectivity index (χ1) is 10.1. The molecular formula is C18H33N3. The molecule has 3 nitrogen and oxygen atoms in total. The molecule has 0 bridgehead atoms. The standard InChI is InChI=1S/C18H33N3/c1-4-18(14-19,20-15(2)3)10-5-11-21(12-16-6-7-16)13-17-8-9-17/h15-17,20H,4-13H2,1-3H3. The molecule has 0 aromatic rings. The SMILES string of the molecule is CCC(C#N)(CCCN(CC1CC1)CC1CC1)NC(C)C. The summed E-state index contributed by atoms with van der Waals surface area (Å²) in [4.78, 5) is 2.68. The highest BCUT2D eigenvalue weighted by molar-refractivity contribution is 5.07. The van der Waals surface area contributed by atoms with E-state index in [1.54, 1.807) is 0 Å². The van der Waals surface area contributed by atoms with Crippen LogP contribution in [-0.2, 0) is 0 Å². The summed E-state index contributed by atoms with van der Waals surface area (Å²) >= 11 is 0. The van der Waals surface area contributed by atoms with E-state index in [1.807, 2.05) is 0 Å². The van der Waals surface area contributed by atoms with Gasteiger partial charge in [0.25, 0.3) is 0 Å². The van der Waals surface area contributed by atoms with Gasteiger partial charge in [-0.2, -0.15) is 5.26 Å². The monoisotopic (exact) mass is 291 g/mol. The van der Waals surface area contributed by atoms with Crippen molar-refractivity contribution in [1.29, 1.82) is 5.26 Å². The zero-order valence-electron chi connectivity index (χ0n) is 14.2. The molecule has 1 atom stereocenters. The second-order valence-electron chi connectivity index (χ2n) is 7.60. The van der Waals surface area contributed by atoms with Crippen molar-refractivity contribution in [2.24, 2.45) is 11.8 Å². The van der Waals surface area contributed by atoms with Crippen LogP contribution in [0.15, 0.2) is 0 Å². The van der Waals surface area contributed by atoms with Gasteiger partial charge in [0.05, 0.1) is 6.07 Å². The predicted octanol–water partition coefficient (Wildman–Crippen LogP) is 3.56. The molecule has 0 amide bonds. The van der Waals surface area contributed by atoms with Crippen LogP contribution in [0, 0.1) is 23.2 Å². The molecule has 0 radical (unpaired) electrons. The molecule has 0 saturated heterocycles. The summed E-state index contributed by atoms with van der Waals surface area (Å²) in [5.74, 6) is 1.95. The second kappa shape index (κ2) is 7.61. The first kappa shape index (κ1) is 16.8. The highest BCUT2D eigenvalue weighted by Crippen LogP contribution is 2.34. The van der Waals surface area contributed by atoms with Gasteiger partial charge in [0.2, 0.25) is 0 Å². The number of rotatable bonds is 11. The molecule has 2 rings (SSSR count). The third kappa shape index (κ3) is 5.96. The number of hydrogen-bond donors (Lipinski definition) is 1. The lowest BCUT2D eigenvalue weighted by molar-refractivity contribution is 0.233. The van der Waals surface area contributed by atoms with Crippen molar-refractivity contribution in [1.82, 2.24) is 10.2 Å². The van der Waals surface area contributed by atoms with Gasteiger partial charge in [-0.1, -0.05) is 6.92 Å². The van der Waals surface area contributed by atoms with Gasteiger partial charge in [-0.25, -0.2) is 0 Å². The van der Waals surface area contributed by atoms with Gasteiger partial charge < -0.3 is 4.90 Å². The Kier molecular flexibility index (Phi) is 6.08. The van der Waals surface area contributed by atoms with E-state index in [-0.39, 0.29) is 5.54 Å². The average molecular weight is 291 g/mol. The van der Waals surface area contributed by atoms with Crippen LogP contribution >= 0.6 is 0 Å². The zero-order chi connectivity index (χ0) is 15.3. The Balaban J connectivity index is 1.76. The molecule has 0 spiro atoms. The number of hydrogen-bond acceptors (Lipinski definition) is 3. The molecule has 0 heterocycles. The maximum Gasteiger partial charge on any atom is 0.106 e. The maximum absolute atomic E-state index is 9.58. The smallest absolute Gasteiger partial charge is 0.106 e. The topological polar surface area (TPSA) is 39.1 Å². The van der Waals surface area contributed by atoms with Crippen molar-refractivity contribution in [3.05, 3.63) is 0 Å². The normalized spacial score (nSPS) is 21.5. The van der Waals surface area contributed by atoms with Crippen LogP contribution in [0.4, 0.5) is 0 Å². The Hall–Kier alpha value is -0.590. The zero-order valence-corrected chi connectivity index (χ0v) is 14.2. The summed E-state index contributed by atoms with van der Waals surface area (Å²) < 4.78 is 0. The van der Waals surface area contributed by atoms with Gasteiger partial charge in [0.15, 0.2) is 0 Å². The minimum atomic E-state index is -0.320. The van der Waals surface area contributed by atoms with Crippen molar-refractivity contribution < 1.29 is 0 Å². The van der Waals surface area contributed by atoms with Crippen molar-refractivity contribution in [3.8, 4) is 6.07 Å². The fourth-order valence-electron chi connectivity index (χ4n) is 3.26.